The predicted octanol–water partition coefficient (Wildman–Crippen LogP) is 9.03. The van der Waals surface area contributed by atoms with Crippen molar-refractivity contribution in [2.75, 3.05) is 27.4 Å². The molecule has 3 N–H and O–H groups in total. The Kier molecular flexibility index (Phi) is 21.3. The Bertz CT molecular complexity index is 3380. The molecule has 0 bridgehead atoms. The number of allylic oxidation sites excluding steroid dienone is 4. The summed E-state index contributed by atoms with van der Waals surface area (Å²) in [6.45, 7) is 4.85. The Balaban J connectivity index is 0.000000176. The molecule has 0 fully saturated rings. The SMILES string of the molecule is CC1=CC(=O)C(CCCOC(=O)c2ccccc2CN)CC1.COc1ccc2cc(C(=O)O)c(=O)oc2c1.COc1ccc2cc(CC(=O)OCCCC3CCC(C)=CC3=O)c(=O)oc2c1.O=C1Cc2ccccc2C(=O)O1. The number of carboxylic acids is 1. The Morgan fingerprint density at radius 2 is 1.19 bits per heavy atom. The molecular weight excluding hydrogens is 1010 g/mol. The van der Waals surface area contributed by atoms with Gasteiger partial charge in [0.2, 0.25) is 0 Å². The van der Waals surface area contributed by atoms with E-state index in [1.165, 1.54) is 26.4 Å². The van der Waals surface area contributed by atoms with Crippen LogP contribution < -0.4 is 26.5 Å². The largest absolute Gasteiger partial charge is 0.497 e. The first-order valence-corrected chi connectivity index (χ1v) is 25.3. The van der Waals surface area contributed by atoms with Crippen LogP contribution >= 0.6 is 0 Å². The number of carbonyl (C=O) groups is 7. The highest BCUT2D eigenvalue weighted by Gasteiger charge is 2.25. The lowest BCUT2D eigenvalue weighted by Gasteiger charge is -2.18. The van der Waals surface area contributed by atoms with Gasteiger partial charge >= 0.3 is 41.1 Å². The fourth-order valence-corrected chi connectivity index (χ4v) is 8.70. The van der Waals surface area contributed by atoms with Crippen molar-refractivity contribution in [3.8, 4) is 11.5 Å². The van der Waals surface area contributed by atoms with Crippen LogP contribution in [0.5, 0.6) is 11.5 Å². The number of ketones is 2. The van der Waals surface area contributed by atoms with Gasteiger partial charge in [0.05, 0.1) is 51.4 Å². The first-order valence-electron chi connectivity index (χ1n) is 25.3. The van der Waals surface area contributed by atoms with E-state index in [2.05, 4.69) is 4.74 Å². The molecule has 4 aromatic carbocycles. The van der Waals surface area contributed by atoms with E-state index in [9.17, 15) is 43.2 Å². The smallest absolute Gasteiger partial charge is 0.351 e. The van der Waals surface area contributed by atoms with Gasteiger partial charge in [-0.3, -0.25) is 19.2 Å². The van der Waals surface area contributed by atoms with Crippen molar-refractivity contribution in [2.24, 2.45) is 17.6 Å². The molecule has 9 rings (SSSR count). The average Bonchev–Trinajstić information content (AvgIpc) is 3.45. The first kappa shape index (κ1) is 58.5. The molecule has 78 heavy (non-hydrogen) atoms. The number of methoxy groups -OCH3 is 2. The third-order valence-electron chi connectivity index (χ3n) is 13.0. The van der Waals surface area contributed by atoms with Crippen LogP contribution in [-0.2, 0) is 52.8 Å². The maximum Gasteiger partial charge on any atom is 0.351 e. The van der Waals surface area contributed by atoms with Gasteiger partial charge in [-0.1, -0.05) is 47.5 Å². The number of carboxylic acid groups (broad SMARTS) is 1. The molecular formula is C60H61NO17. The van der Waals surface area contributed by atoms with Gasteiger partial charge in [0.15, 0.2) is 11.6 Å². The van der Waals surface area contributed by atoms with Gasteiger partial charge in [0.25, 0.3) is 0 Å². The topological polar surface area (TPSA) is 272 Å². The van der Waals surface area contributed by atoms with Gasteiger partial charge in [-0.25, -0.2) is 24.0 Å². The summed E-state index contributed by atoms with van der Waals surface area (Å²) in [4.78, 5) is 104. The van der Waals surface area contributed by atoms with Crippen LogP contribution in [0.3, 0.4) is 0 Å². The number of carbonyl (C=O) groups excluding carboxylic acids is 6. The summed E-state index contributed by atoms with van der Waals surface area (Å²) in [7, 11) is 3.02. The van der Waals surface area contributed by atoms with Crippen LogP contribution in [-0.4, -0.2) is 74.0 Å². The minimum Gasteiger partial charge on any atom is -0.497 e. The summed E-state index contributed by atoms with van der Waals surface area (Å²) in [5.41, 5.74) is 9.61. The Hall–Kier alpha value is -8.77. The number of hydrogen-bond donors (Lipinski definition) is 2. The van der Waals surface area contributed by atoms with Crippen LogP contribution in [0.25, 0.3) is 21.9 Å². The van der Waals surface area contributed by atoms with Crippen molar-refractivity contribution >= 4 is 63.4 Å². The van der Waals surface area contributed by atoms with E-state index in [0.717, 1.165) is 54.4 Å². The monoisotopic (exact) mass is 1070 g/mol. The molecule has 2 aliphatic carbocycles. The van der Waals surface area contributed by atoms with Crippen LogP contribution in [0.2, 0.25) is 0 Å². The third-order valence-corrected chi connectivity index (χ3v) is 13.0. The zero-order chi connectivity index (χ0) is 56.3. The third kappa shape index (κ3) is 16.6. The quantitative estimate of drug-likeness (QED) is 0.0319. The first-order chi connectivity index (χ1) is 37.5. The molecule has 408 valence electrons. The predicted molar refractivity (Wildman–Crippen MR) is 286 cm³/mol. The second-order valence-corrected chi connectivity index (χ2v) is 18.7. The summed E-state index contributed by atoms with van der Waals surface area (Å²) in [6, 6.07) is 27.0. The molecule has 18 heteroatoms. The van der Waals surface area contributed by atoms with Crippen LogP contribution in [0.15, 0.2) is 139 Å². The second-order valence-electron chi connectivity index (χ2n) is 18.7. The van der Waals surface area contributed by atoms with Gasteiger partial charge in [-0.2, -0.15) is 0 Å². The van der Waals surface area contributed by atoms with Crippen molar-refractivity contribution in [1.29, 1.82) is 0 Å². The minimum atomic E-state index is -1.30. The number of benzene rings is 4. The molecule has 6 aromatic rings. The Labute approximate surface area is 448 Å². The molecule has 3 heterocycles. The number of rotatable bonds is 15. The zero-order valence-electron chi connectivity index (χ0n) is 43.8. The molecule has 2 aromatic heterocycles. The number of aromatic carboxylic acids is 1. The molecule has 0 saturated carbocycles. The summed E-state index contributed by atoms with van der Waals surface area (Å²) in [5.74, 6) is -1.53. The molecule has 2 unspecified atom stereocenters. The molecule has 0 spiro atoms. The van der Waals surface area contributed by atoms with E-state index in [0.29, 0.717) is 77.0 Å². The van der Waals surface area contributed by atoms with Gasteiger partial charge in [0.1, 0.15) is 28.2 Å². The lowest BCUT2D eigenvalue weighted by atomic mass is 9.86. The van der Waals surface area contributed by atoms with E-state index >= 15 is 0 Å². The minimum absolute atomic E-state index is 0.0203. The second kappa shape index (κ2) is 28.4. The van der Waals surface area contributed by atoms with Crippen molar-refractivity contribution in [3.63, 3.8) is 0 Å². The standard InChI is InChI=1S/C22H24O6.C18H23NO3.C11H8O5.C9H6O3/c1-14-5-6-15(19(23)10-14)4-3-9-27-21(24)12-17-11-16-7-8-18(26-2)13-20(16)28-22(17)25;1-13-8-9-14(17(20)11-13)6-4-10-22-18(21)16-7-3-2-5-15(16)12-19;1-15-7-3-2-6-4-8(10(12)13)11(14)16-9(6)5-7;10-8-5-6-3-1-2-4-7(6)9(11)12-8/h7-8,10-11,13,15H,3-6,9,12H2,1-2H3;2-3,5,7,11,14H,4,6,8-10,12,19H2,1H3;2-5H,1H3,(H,12,13);1-4H,5H2. The summed E-state index contributed by atoms with van der Waals surface area (Å²) >= 11 is 0. The number of cyclic esters (lactones) is 2. The van der Waals surface area contributed by atoms with Gasteiger partial charge in [0, 0.05) is 46.8 Å². The molecule has 0 radical (unpaired) electrons. The molecule has 0 amide bonds. The maximum atomic E-state index is 12.1. The van der Waals surface area contributed by atoms with Crippen molar-refractivity contribution < 1.29 is 71.2 Å². The van der Waals surface area contributed by atoms with Crippen molar-refractivity contribution in [1.82, 2.24) is 0 Å². The van der Waals surface area contributed by atoms with E-state index < -0.39 is 35.1 Å². The average molecular weight is 1070 g/mol. The molecule has 1 aliphatic heterocycles. The lowest BCUT2D eigenvalue weighted by molar-refractivity contribution is -0.143. The number of fused-ring (bicyclic) bond motifs is 3. The lowest BCUT2D eigenvalue weighted by Crippen LogP contribution is -2.22. The fraction of sp³-hybridized carbons (Fsp3) is 0.317. The number of hydrogen-bond acceptors (Lipinski definition) is 17. The maximum absolute atomic E-state index is 12.1. The molecule has 18 nitrogen and oxygen atoms in total. The number of nitrogens with two attached hydrogens (primary N) is 1. The Morgan fingerprint density at radius 1 is 0.641 bits per heavy atom. The summed E-state index contributed by atoms with van der Waals surface area (Å²) in [5, 5.41) is 9.99. The van der Waals surface area contributed by atoms with Crippen LogP contribution in [0.4, 0.5) is 0 Å². The van der Waals surface area contributed by atoms with Crippen LogP contribution in [0, 0.1) is 11.8 Å². The van der Waals surface area contributed by atoms with E-state index in [1.807, 2.05) is 26.0 Å². The van der Waals surface area contributed by atoms with E-state index in [-0.39, 0.29) is 59.9 Å². The fourth-order valence-electron chi connectivity index (χ4n) is 8.70. The van der Waals surface area contributed by atoms with Gasteiger partial charge in [-0.05, 0) is 137 Å². The zero-order valence-corrected chi connectivity index (χ0v) is 43.8. The summed E-state index contributed by atoms with van der Waals surface area (Å²) in [6.07, 6.45) is 10.0. The van der Waals surface area contributed by atoms with E-state index in [4.69, 9.17) is 38.6 Å². The number of esters is 4. The molecule has 0 saturated heterocycles. The highest BCUT2D eigenvalue weighted by molar-refractivity contribution is 6.02. The van der Waals surface area contributed by atoms with Crippen molar-refractivity contribution in [2.45, 2.75) is 84.6 Å². The van der Waals surface area contributed by atoms with Crippen LogP contribution in [0.1, 0.15) is 113 Å². The highest BCUT2D eigenvalue weighted by Crippen LogP contribution is 2.27. The van der Waals surface area contributed by atoms with Gasteiger partial charge < -0.3 is 43.4 Å². The normalized spacial score (nSPS) is 15.6. The number of ether oxygens (including phenoxy) is 5. The van der Waals surface area contributed by atoms with E-state index in [1.54, 1.807) is 84.9 Å². The van der Waals surface area contributed by atoms with Gasteiger partial charge in [-0.15, -0.1) is 0 Å². The molecule has 2 atom stereocenters. The summed E-state index contributed by atoms with van der Waals surface area (Å²) < 4.78 is 35.2. The highest BCUT2D eigenvalue weighted by atomic mass is 16.6. The van der Waals surface area contributed by atoms with Crippen molar-refractivity contribution in [3.05, 3.63) is 175 Å². The molecule has 3 aliphatic rings. The Morgan fingerprint density at radius 3 is 1.77 bits per heavy atom.